The molecule has 1 N–H and O–H groups in total. The number of nitrogens with zero attached hydrogens (tertiary/aromatic N) is 3. The van der Waals surface area contributed by atoms with Gasteiger partial charge in [0.05, 0.1) is 5.69 Å². The molecule has 0 saturated heterocycles. The van der Waals surface area contributed by atoms with Crippen molar-refractivity contribution in [3.63, 3.8) is 0 Å². The lowest BCUT2D eigenvalue weighted by molar-refractivity contribution is 0.916. The minimum absolute atomic E-state index is 0.715. The molecule has 0 radical (unpaired) electrons. The quantitative estimate of drug-likeness (QED) is 0.722. The molecule has 0 aliphatic heterocycles. The Morgan fingerprint density at radius 1 is 1.36 bits per heavy atom. The fourth-order valence-electron chi connectivity index (χ4n) is 1.01. The van der Waals surface area contributed by atoms with Gasteiger partial charge in [0.2, 0.25) is 0 Å². The molecule has 0 aromatic carbocycles. The molecule has 0 aliphatic carbocycles. The summed E-state index contributed by atoms with van der Waals surface area (Å²) >= 11 is 3.39. The molecular weight excluding hydrogens is 208 g/mol. The topological polar surface area (TPSA) is 46.0 Å². The second-order valence-corrected chi connectivity index (χ2v) is 3.18. The van der Waals surface area contributed by atoms with Crippen LogP contribution in [0.3, 0.4) is 0 Å². The summed E-state index contributed by atoms with van der Waals surface area (Å²) in [5.41, 5.74) is 0.948. The van der Waals surface area contributed by atoms with Gasteiger partial charge in [-0.2, -0.15) is 4.98 Å². The zero-order chi connectivity index (χ0) is 8.01. The highest BCUT2D eigenvalue weighted by molar-refractivity contribution is 9.10. The number of H-pyrrole nitrogens is 1. The van der Waals surface area contributed by atoms with Gasteiger partial charge in [-0.1, -0.05) is 0 Å². The summed E-state index contributed by atoms with van der Waals surface area (Å²) in [4.78, 5) is 8.37. The van der Waals surface area contributed by atoms with Gasteiger partial charge < -0.3 is 0 Å². The first-order chi connectivity index (χ1) is 5.18. The molecule has 2 rings (SSSR count). The van der Waals surface area contributed by atoms with Crippen molar-refractivity contribution in [1.82, 2.24) is 19.6 Å². The maximum Gasteiger partial charge on any atom is 0.251 e. The van der Waals surface area contributed by atoms with E-state index in [1.165, 1.54) is 0 Å². The molecule has 0 atom stereocenters. The number of hydrogen-bond acceptors (Lipinski definition) is 2. The Balaban J connectivity index is 2.88. The number of aryl methyl sites for hydroxylation is 2. The normalized spacial score (nSPS) is 11.2. The van der Waals surface area contributed by atoms with Gasteiger partial charge in [-0.05, 0) is 29.8 Å². The fourth-order valence-corrected chi connectivity index (χ4v) is 1.34. The monoisotopic (exact) mass is 214 g/mol. The van der Waals surface area contributed by atoms with E-state index in [-0.39, 0.29) is 0 Å². The van der Waals surface area contributed by atoms with Gasteiger partial charge in [0.25, 0.3) is 5.78 Å². The number of aromatic amines is 1. The number of fused-ring (bicyclic) bond motifs is 1. The number of aromatic nitrogens is 4. The van der Waals surface area contributed by atoms with Crippen LogP contribution < -0.4 is 0 Å². The van der Waals surface area contributed by atoms with E-state index in [4.69, 9.17) is 0 Å². The minimum atomic E-state index is 0.715. The summed E-state index contributed by atoms with van der Waals surface area (Å²) in [5, 5.41) is 3.04. The van der Waals surface area contributed by atoms with Gasteiger partial charge in [0.15, 0.2) is 0 Å². The number of halogens is 1. The highest BCUT2D eigenvalue weighted by Crippen LogP contribution is 2.15. The van der Waals surface area contributed by atoms with Gasteiger partial charge in [-0.15, -0.1) is 0 Å². The van der Waals surface area contributed by atoms with Crippen molar-refractivity contribution in [2.24, 2.45) is 0 Å². The van der Waals surface area contributed by atoms with Crippen LogP contribution in [-0.4, -0.2) is 19.6 Å². The smallest absolute Gasteiger partial charge is 0.251 e. The second kappa shape index (κ2) is 2.07. The predicted molar refractivity (Wildman–Crippen MR) is 44.5 cm³/mol. The van der Waals surface area contributed by atoms with E-state index in [0.29, 0.717) is 5.78 Å². The van der Waals surface area contributed by atoms with Crippen molar-refractivity contribution >= 4 is 21.7 Å². The van der Waals surface area contributed by atoms with Crippen LogP contribution in [0.15, 0.2) is 4.60 Å². The molecule has 0 fully saturated rings. The van der Waals surface area contributed by atoms with Crippen molar-refractivity contribution in [2.75, 3.05) is 0 Å². The number of rotatable bonds is 0. The Kier molecular flexibility index (Phi) is 1.29. The molecule has 5 heteroatoms. The van der Waals surface area contributed by atoms with Crippen LogP contribution in [0.4, 0.5) is 0 Å². The molecule has 0 saturated carbocycles. The lowest BCUT2D eigenvalue weighted by atomic mass is 10.6. The number of nitrogens with one attached hydrogen (secondary N) is 1. The van der Waals surface area contributed by atoms with Crippen molar-refractivity contribution in [2.45, 2.75) is 13.8 Å². The number of imidazole rings is 1. The third-order valence-corrected chi connectivity index (χ3v) is 2.43. The third kappa shape index (κ3) is 0.875. The van der Waals surface area contributed by atoms with Crippen LogP contribution in [0.5, 0.6) is 0 Å². The van der Waals surface area contributed by atoms with Crippen LogP contribution in [0.25, 0.3) is 5.78 Å². The summed E-state index contributed by atoms with van der Waals surface area (Å²) in [6.45, 7) is 3.83. The van der Waals surface area contributed by atoms with Crippen molar-refractivity contribution < 1.29 is 0 Å². The molecular formula is C6H7BrN4. The first kappa shape index (κ1) is 6.84. The lowest BCUT2D eigenvalue weighted by Gasteiger charge is -1.85. The Bertz CT molecular complexity index is 400. The van der Waals surface area contributed by atoms with E-state index in [1.807, 2.05) is 18.4 Å². The summed E-state index contributed by atoms with van der Waals surface area (Å²) in [5.74, 6) is 1.58. The molecule has 4 nitrogen and oxygen atoms in total. The van der Waals surface area contributed by atoms with Crippen LogP contribution in [0.1, 0.15) is 11.5 Å². The Morgan fingerprint density at radius 2 is 2.09 bits per heavy atom. The molecule has 0 aliphatic rings. The van der Waals surface area contributed by atoms with Gasteiger partial charge in [-0.3, -0.25) is 5.10 Å². The van der Waals surface area contributed by atoms with Crippen molar-refractivity contribution in [3.8, 4) is 0 Å². The average Bonchev–Trinajstić information content (AvgIpc) is 2.37. The zero-order valence-electron chi connectivity index (χ0n) is 6.22. The molecule has 2 aromatic rings. The van der Waals surface area contributed by atoms with Crippen LogP contribution >= 0.6 is 15.9 Å². The van der Waals surface area contributed by atoms with Gasteiger partial charge in [-0.25, -0.2) is 9.50 Å². The van der Waals surface area contributed by atoms with Crippen molar-refractivity contribution in [3.05, 3.63) is 16.1 Å². The molecule has 0 amide bonds. The maximum absolute atomic E-state index is 4.21. The third-order valence-electron chi connectivity index (χ3n) is 1.50. The second-order valence-electron chi connectivity index (χ2n) is 2.43. The summed E-state index contributed by atoms with van der Waals surface area (Å²) in [6.07, 6.45) is 0. The highest BCUT2D eigenvalue weighted by Gasteiger charge is 2.07. The lowest BCUT2D eigenvalue weighted by Crippen LogP contribution is -1.83. The molecule has 0 bridgehead atoms. The van der Waals surface area contributed by atoms with Gasteiger partial charge in [0, 0.05) is 0 Å². The molecule has 2 aromatic heterocycles. The largest absolute Gasteiger partial charge is 0.277 e. The fraction of sp³-hybridized carbons (Fsp3) is 0.333. The molecule has 11 heavy (non-hydrogen) atoms. The van der Waals surface area contributed by atoms with Gasteiger partial charge >= 0.3 is 0 Å². The average molecular weight is 215 g/mol. The van der Waals surface area contributed by atoms with Crippen molar-refractivity contribution in [1.29, 1.82) is 0 Å². The van der Waals surface area contributed by atoms with Crippen LogP contribution in [0.2, 0.25) is 0 Å². The standard InChI is InChI=1S/C6H7BrN4/c1-3-5(7)11-6(8-3)9-4(2)10-11/h1-2H3,(H,8,9,10). The minimum Gasteiger partial charge on any atom is -0.277 e. The molecule has 0 unspecified atom stereocenters. The molecule has 58 valence electrons. The summed E-state index contributed by atoms with van der Waals surface area (Å²) in [7, 11) is 0. The molecule has 0 spiro atoms. The first-order valence-corrected chi connectivity index (χ1v) is 4.05. The van der Waals surface area contributed by atoms with Crippen LogP contribution in [0, 0.1) is 13.8 Å². The zero-order valence-corrected chi connectivity index (χ0v) is 7.81. The maximum atomic E-state index is 4.21. The molecule has 2 heterocycles. The SMILES string of the molecule is Cc1nc2nc(C)c(Br)n2[nH]1. The van der Waals surface area contributed by atoms with Gasteiger partial charge in [0.1, 0.15) is 10.4 Å². The Hall–Kier alpha value is -0.840. The van der Waals surface area contributed by atoms with Crippen LogP contribution in [-0.2, 0) is 0 Å². The summed E-state index contributed by atoms with van der Waals surface area (Å²) < 4.78 is 2.75. The van der Waals surface area contributed by atoms with E-state index in [1.54, 1.807) is 0 Å². The number of hydrogen-bond donors (Lipinski definition) is 1. The summed E-state index contributed by atoms with van der Waals surface area (Å²) in [6, 6.07) is 0. The van der Waals surface area contributed by atoms with E-state index in [9.17, 15) is 0 Å². The van der Waals surface area contributed by atoms with E-state index < -0.39 is 0 Å². The van der Waals surface area contributed by atoms with E-state index in [2.05, 4.69) is 31.0 Å². The van der Waals surface area contributed by atoms with E-state index >= 15 is 0 Å². The van der Waals surface area contributed by atoms with E-state index in [0.717, 1.165) is 16.1 Å². The predicted octanol–water partition coefficient (Wildman–Crippen LogP) is 1.44. The highest BCUT2D eigenvalue weighted by atomic mass is 79.9. The first-order valence-electron chi connectivity index (χ1n) is 3.25. The Morgan fingerprint density at radius 3 is 2.73 bits per heavy atom. The Labute approximate surface area is 71.8 Å².